The number of hydrazine groups is 1. The molecule has 7 heteroatoms. The summed E-state index contributed by atoms with van der Waals surface area (Å²) in [6.07, 6.45) is 9.44. The number of nitrogens with two attached hydrogens (primary N) is 1. The molecule has 2 aromatic rings. The fraction of sp³-hybridized carbons (Fsp3) is 0.571. The molecule has 7 nitrogen and oxygen atoms in total. The molecule has 1 aliphatic heterocycles. The summed E-state index contributed by atoms with van der Waals surface area (Å²) in [6.45, 7) is 5.49. The van der Waals surface area contributed by atoms with E-state index >= 15 is 0 Å². The average molecular weight is 289 g/mol. The zero-order valence-corrected chi connectivity index (χ0v) is 12.4. The molecule has 0 aliphatic carbocycles. The van der Waals surface area contributed by atoms with Gasteiger partial charge < -0.3 is 15.1 Å². The first-order valence-corrected chi connectivity index (χ1v) is 7.56. The van der Waals surface area contributed by atoms with Crippen molar-refractivity contribution in [1.82, 2.24) is 19.3 Å². The van der Waals surface area contributed by atoms with Crippen LogP contribution in [0.15, 0.2) is 18.6 Å². The highest BCUT2D eigenvalue weighted by Gasteiger charge is 2.17. The fourth-order valence-electron chi connectivity index (χ4n) is 2.85. The summed E-state index contributed by atoms with van der Waals surface area (Å²) in [4.78, 5) is 11.3. The Labute approximate surface area is 124 Å². The van der Waals surface area contributed by atoms with Gasteiger partial charge in [0.1, 0.15) is 0 Å². The summed E-state index contributed by atoms with van der Waals surface area (Å²) in [5.74, 6) is 6.85. The van der Waals surface area contributed by atoms with Gasteiger partial charge >= 0.3 is 0 Å². The van der Waals surface area contributed by atoms with Crippen molar-refractivity contribution in [1.29, 1.82) is 0 Å². The van der Waals surface area contributed by atoms with Gasteiger partial charge in [0.2, 0.25) is 0 Å². The normalized spacial score (nSPS) is 17.8. The Hall–Kier alpha value is -1.86. The number of piperidine rings is 1. The van der Waals surface area contributed by atoms with E-state index in [4.69, 9.17) is 5.84 Å². The predicted molar refractivity (Wildman–Crippen MR) is 84.2 cm³/mol. The van der Waals surface area contributed by atoms with E-state index in [0.29, 0.717) is 11.9 Å². The molecule has 4 N–H and O–H groups in total. The number of fused-ring (bicyclic) bond motifs is 1. The zero-order valence-electron chi connectivity index (χ0n) is 12.4. The number of hydrogen-bond acceptors (Lipinski definition) is 6. The molecule has 1 aliphatic rings. The first-order valence-electron chi connectivity index (χ1n) is 7.56. The largest absolute Gasteiger partial charge is 0.365 e. The lowest BCUT2D eigenvalue weighted by atomic mass is 10.1. The van der Waals surface area contributed by atoms with E-state index in [0.717, 1.165) is 18.0 Å². The van der Waals surface area contributed by atoms with Crippen molar-refractivity contribution in [3.8, 4) is 0 Å². The molecule has 0 aromatic carbocycles. The van der Waals surface area contributed by atoms with Gasteiger partial charge in [-0.15, -0.1) is 0 Å². The molecule has 0 amide bonds. The number of aromatic nitrogens is 3. The number of nitrogen functional groups attached to an aromatic ring is 1. The monoisotopic (exact) mass is 289 g/mol. The Kier molecular flexibility index (Phi) is 4.21. The van der Waals surface area contributed by atoms with Crippen molar-refractivity contribution in [3.05, 3.63) is 18.6 Å². The van der Waals surface area contributed by atoms with Gasteiger partial charge in [0.05, 0.1) is 6.20 Å². The zero-order chi connectivity index (χ0) is 14.7. The van der Waals surface area contributed by atoms with Crippen LogP contribution >= 0.6 is 0 Å². The number of hydrogen-bond donors (Lipinski definition) is 3. The number of likely N-dealkylation sites (tertiary alicyclic amines) is 1. The fourth-order valence-corrected chi connectivity index (χ4v) is 2.85. The second-order valence-corrected chi connectivity index (χ2v) is 5.60. The maximum Gasteiger partial charge on any atom is 0.180 e. The summed E-state index contributed by atoms with van der Waals surface area (Å²) in [5.41, 5.74) is 3.41. The number of imidazole rings is 1. The van der Waals surface area contributed by atoms with Crippen LogP contribution in [-0.2, 0) is 0 Å². The molecular formula is C14H23N7. The smallest absolute Gasteiger partial charge is 0.180 e. The second kappa shape index (κ2) is 6.28. The third-order valence-corrected chi connectivity index (χ3v) is 4.10. The maximum atomic E-state index is 5.47. The number of anilines is 2. The highest BCUT2D eigenvalue weighted by Crippen LogP contribution is 2.17. The molecule has 0 bridgehead atoms. The van der Waals surface area contributed by atoms with Crippen molar-refractivity contribution in [2.24, 2.45) is 5.84 Å². The van der Waals surface area contributed by atoms with E-state index in [-0.39, 0.29) is 0 Å². The Morgan fingerprint density at radius 1 is 1.33 bits per heavy atom. The molecule has 114 valence electrons. The van der Waals surface area contributed by atoms with Crippen LogP contribution in [0.5, 0.6) is 0 Å². The van der Waals surface area contributed by atoms with Crippen molar-refractivity contribution >= 4 is 17.3 Å². The minimum atomic E-state index is 0.483. The van der Waals surface area contributed by atoms with Crippen LogP contribution in [0.2, 0.25) is 0 Å². The molecule has 21 heavy (non-hydrogen) atoms. The summed E-state index contributed by atoms with van der Waals surface area (Å²) >= 11 is 0. The Morgan fingerprint density at radius 3 is 2.90 bits per heavy atom. The number of rotatable bonds is 5. The van der Waals surface area contributed by atoms with Gasteiger partial charge in [-0.25, -0.2) is 15.8 Å². The Morgan fingerprint density at radius 2 is 2.14 bits per heavy atom. The van der Waals surface area contributed by atoms with Gasteiger partial charge in [-0.3, -0.25) is 4.90 Å². The third-order valence-electron chi connectivity index (χ3n) is 4.10. The van der Waals surface area contributed by atoms with Crippen LogP contribution in [0.25, 0.3) is 5.65 Å². The Balaban J connectivity index is 1.70. The maximum absolute atomic E-state index is 5.47. The van der Waals surface area contributed by atoms with Crippen LogP contribution in [0.1, 0.15) is 26.2 Å². The molecular weight excluding hydrogens is 266 g/mol. The number of nitrogens with zero attached hydrogens (tertiary/aromatic N) is 4. The summed E-state index contributed by atoms with van der Waals surface area (Å²) in [7, 11) is 0. The highest BCUT2D eigenvalue weighted by atomic mass is 15.3. The van der Waals surface area contributed by atoms with E-state index in [9.17, 15) is 0 Å². The highest BCUT2D eigenvalue weighted by molar-refractivity contribution is 5.65. The van der Waals surface area contributed by atoms with Crippen molar-refractivity contribution in [3.63, 3.8) is 0 Å². The van der Waals surface area contributed by atoms with Crippen molar-refractivity contribution in [2.45, 2.75) is 32.2 Å². The van der Waals surface area contributed by atoms with E-state index in [2.05, 4.69) is 32.5 Å². The van der Waals surface area contributed by atoms with Crippen LogP contribution < -0.4 is 16.6 Å². The van der Waals surface area contributed by atoms with Crippen LogP contribution in [0.3, 0.4) is 0 Å². The molecule has 0 radical (unpaired) electrons. The lowest BCUT2D eigenvalue weighted by Crippen LogP contribution is -2.41. The summed E-state index contributed by atoms with van der Waals surface area (Å²) < 4.78 is 1.91. The van der Waals surface area contributed by atoms with Gasteiger partial charge in [0.25, 0.3) is 0 Å². The molecule has 1 unspecified atom stereocenters. The Bertz CT molecular complexity index is 588. The second-order valence-electron chi connectivity index (χ2n) is 5.60. The first-order chi connectivity index (χ1) is 10.3. The van der Waals surface area contributed by atoms with E-state index in [1.165, 1.54) is 32.4 Å². The molecule has 0 spiro atoms. The molecule has 0 saturated carbocycles. The van der Waals surface area contributed by atoms with Crippen molar-refractivity contribution < 1.29 is 0 Å². The van der Waals surface area contributed by atoms with Crippen LogP contribution in [0, 0.1) is 0 Å². The topological polar surface area (TPSA) is 83.5 Å². The van der Waals surface area contributed by atoms with Gasteiger partial charge in [0.15, 0.2) is 17.3 Å². The quantitative estimate of drug-likeness (QED) is 0.568. The molecule has 3 heterocycles. The minimum Gasteiger partial charge on any atom is -0.365 e. The molecule has 1 atom stereocenters. The third kappa shape index (κ3) is 3.08. The molecule has 1 saturated heterocycles. The van der Waals surface area contributed by atoms with E-state index in [1.807, 2.05) is 16.8 Å². The lowest BCUT2D eigenvalue weighted by molar-refractivity contribution is 0.180. The average Bonchev–Trinajstić information content (AvgIpc) is 3.01. The van der Waals surface area contributed by atoms with Crippen LogP contribution in [0.4, 0.5) is 11.6 Å². The number of nitrogens with one attached hydrogen (secondary N) is 2. The first kappa shape index (κ1) is 14.1. The van der Waals surface area contributed by atoms with Gasteiger partial charge in [-0.1, -0.05) is 6.42 Å². The molecule has 2 aromatic heterocycles. The summed E-state index contributed by atoms with van der Waals surface area (Å²) in [5, 5.41) is 3.41. The van der Waals surface area contributed by atoms with Crippen molar-refractivity contribution in [2.75, 3.05) is 30.4 Å². The summed E-state index contributed by atoms with van der Waals surface area (Å²) in [6, 6.07) is 0.483. The SMILES string of the molecule is CC(CNc1nc(NN)cn2ccnc12)N1CCCCC1. The van der Waals surface area contributed by atoms with E-state index < -0.39 is 0 Å². The van der Waals surface area contributed by atoms with Gasteiger partial charge in [-0.2, -0.15) is 0 Å². The molecule has 3 rings (SSSR count). The van der Waals surface area contributed by atoms with Gasteiger partial charge in [0, 0.05) is 25.0 Å². The predicted octanol–water partition coefficient (Wildman–Crippen LogP) is 1.30. The van der Waals surface area contributed by atoms with E-state index in [1.54, 1.807) is 6.20 Å². The van der Waals surface area contributed by atoms with Gasteiger partial charge in [-0.05, 0) is 32.9 Å². The minimum absolute atomic E-state index is 0.483. The lowest BCUT2D eigenvalue weighted by Gasteiger charge is -2.32. The standard InChI is InChI=1S/C14H23N7/c1-11(20-6-3-2-4-7-20)9-17-13-14-16-5-8-21(14)10-12(18-13)19-15/h5,8,10-11,19H,2-4,6-7,9,15H2,1H3,(H,17,18). The molecule has 1 fully saturated rings. The van der Waals surface area contributed by atoms with Crippen LogP contribution in [-0.4, -0.2) is 44.9 Å².